The number of carbonyl (C=O) groups is 1. The number of fused-ring (bicyclic) bond motifs is 2. The number of alkyl halides is 1. The van der Waals surface area contributed by atoms with Crippen molar-refractivity contribution in [1.29, 1.82) is 5.26 Å². The molecule has 228 valence electrons. The van der Waals surface area contributed by atoms with Gasteiger partial charge in [-0.2, -0.15) is 10.2 Å². The summed E-state index contributed by atoms with van der Waals surface area (Å²) in [5, 5.41) is 9.49. The van der Waals surface area contributed by atoms with Crippen molar-refractivity contribution in [2.45, 2.75) is 61.8 Å². The number of likely N-dealkylation sites (tertiary alicyclic amines) is 1. The average Bonchev–Trinajstić information content (AvgIpc) is 3.34. The van der Waals surface area contributed by atoms with Gasteiger partial charge in [0.15, 0.2) is 5.83 Å². The number of carbonyl (C=O) groups excluding carboxylic acids is 1. The molecule has 4 aliphatic rings. The number of aryl methyl sites for hydroxylation is 1. The molecule has 6 rings (SSSR count). The predicted octanol–water partition coefficient (Wildman–Crippen LogP) is 4.52. The van der Waals surface area contributed by atoms with Crippen molar-refractivity contribution < 1.29 is 18.3 Å². The Balaban J connectivity index is 1.31. The second-order valence-electron chi connectivity index (χ2n) is 11.9. The molecule has 0 saturated carbocycles. The van der Waals surface area contributed by atoms with E-state index in [2.05, 4.69) is 40.6 Å². The predicted molar refractivity (Wildman–Crippen MR) is 164 cm³/mol. The highest BCUT2D eigenvalue weighted by molar-refractivity contribution is 7.99. The summed E-state index contributed by atoms with van der Waals surface area (Å²) in [6.45, 7) is 6.53. The first-order valence-electron chi connectivity index (χ1n) is 15.1. The number of anilines is 2. The smallest absolute Gasteiger partial charge is 0.282 e. The molecule has 5 heterocycles. The van der Waals surface area contributed by atoms with Gasteiger partial charge in [-0.05, 0) is 55.7 Å². The normalized spacial score (nSPS) is 23.9. The third-order valence-electron chi connectivity index (χ3n) is 9.08. The van der Waals surface area contributed by atoms with Gasteiger partial charge in [0.05, 0.1) is 24.2 Å². The number of hydrogen-bond donors (Lipinski definition) is 0. The average molecular weight is 609 g/mol. The first kappa shape index (κ1) is 29.7. The second kappa shape index (κ2) is 12.7. The SMILES string of the molecule is C=C(F)C(=O)N1CCN(c2nc(OC[C@@H]3C[C@@H](F)CN3C)cc3c2CCN(c2cccc4c2SCCC4)C3)C[C@@H]1CC#N. The van der Waals surface area contributed by atoms with Gasteiger partial charge in [-0.25, -0.2) is 8.78 Å². The van der Waals surface area contributed by atoms with E-state index >= 15 is 0 Å². The van der Waals surface area contributed by atoms with Crippen molar-refractivity contribution in [2.75, 3.05) is 61.9 Å². The molecule has 43 heavy (non-hydrogen) atoms. The summed E-state index contributed by atoms with van der Waals surface area (Å²) >= 11 is 1.94. The fourth-order valence-corrected chi connectivity index (χ4v) is 8.02. The molecule has 0 unspecified atom stereocenters. The van der Waals surface area contributed by atoms with Crippen molar-refractivity contribution in [3.05, 3.63) is 53.4 Å². The van der Waals surface area contributed by atoms with Crippen LogP contribution in [0.2, 0.25) is 0 Å². The van der Waals surface area contributed by atoms with E-state index in [0.717, 1.165) is 42.1 Å². The van der Waals surface area contributed by atoms with Crippen LogP contribution in [0.1, 0.15) is 36.0 Å². The number of nitrogens with zero attached hydrogens (tertiary/aromatic N) is 6. The van der Waals surface area contributed by atoms with E-state index in [0.29, 0.717) is 45.1 Å². The van der Waals surface area contributed by atoms with Crippen LogP contribution in [0.3, 0.4) is 0 Å². The zero-order chi connectivity index (χ0) is 30.1. The molecule has 0 aliphatic carbocycles. The van der Waals surface area contributed by atoms with Crippen molar-refractivity contribution in [3.8, 4) is 11.9 Å². The number of aromatic nitrogens is 1. The third-order valence-corrected chi connectivity index (χ3v) is 10.3. The molecule has 2 aromatic rings. The van der Waals surface area contributed by atoms with Gasteiger partial charge in [0, 0.05) is 61.8 Å². The van der Waals surface area contributed by atoms with E-state index in [9.17, 15) is 18.8 Å². The van der Waals surface area contributed by atoms with Gasteiger partial charge in [0.2, 0.25) is 5.88 Å². The Morgan fingerprint density at radius 3 is 2.81 bits per heavy atom. The lowest BCUT2D eigenvalue weighted by molar-refractivity contribution is -0.131. The Hall–Kier alpha value is -3.36. The van der Waals surface area contributed by atoms with E-state index in [1.54, 1.807) is 0 Å². The molecule has 0 spiro atoms. The van der Waals surface area contributed by atoms with Gasteiger partial charge in [0.25, 0.3) is 5.91 Å². The molecule has 2 fully saturated rings. The molecule has 0 N–H and O–H groups in total. The second-order valence-corrected chi connectivity index (χ2v) is 13.0. The standard InChI is InChI=1S/C32H38F2N6O2S/c1-21(33)32(41)40-13-12-39(19-25(40)8-10-35)31-27-9-11-38(28-7-3-5-22-6-4-14-43-30(22)28)17-23(27)15-29(36-31)42-20-26-16-24(34)18-37(26)2/h3,5,7,15,24-26H,1,4,6,8-9,11-14,16-20H2,2H3/t24-,25+,26+/m1/s1. The third kappa shape index (κ3) is 6.18. The quantitative estimate of drug-likeness (QED) is 0.425. The number of piperazine rings is 1. The number of ether oxygens (including phenoxy) is 1. The summed E-state index contributed by atoms with van der Waals surface area (Å²) in [5.74, 6) is 0.621. The van der Waals surface area contributed by atoms with Crippen LogP contribution < -0.4 is 14.5 Å². The highest BCUT2D eigenvalue weighted by Gasteiger charge is 2.35. The van der Waals surface area contributed by atoms with E-state index in [1.807, 2.05) is 29.8 Å². The Morgan fingerprint density at radius 1 is 1.19 bits per heavy atom. The lowest BCUT2D eigenvalue weighted by Gasteiger charge is -2.42. The molecule has 2 saturated heterocycles. The first-order valence-corrected chi connectivity index (χ1v) is 16.1. The maximum Gasteiger partial charge on any atom is 0.282 e. The van der Waals surface area contributed by atoms with Crippen LogP contribution in [-0.2, 0) is 24.2 Å². The summed E-state index contributed by atoms with van der Waals surface area (Å²) in [6, 6.07) is 10.3. The molecule has 1 aromatic carbocycles. The molecule has 3 atom stereocenters. The van der Waals surface area contributed by atoms with Gasteiger partial charge in [-0.15, -0.1) is 11.8 Å². The molecule has 1 amide bonds. The zero-order valence-electron chi connectivity index (χ0n) is 24.6. The summed E-state index contributed by atoms with van der Waals surface area (Å²) in [7, 11) is 1.91. The van der Waals surface area contributed by atoms with Crippen molar-refractivity contribution in [1.82, 2.24) is 14.8 Å². The highest BCUT2D eigenvalue weighted by Crippen LogP contribution is 2.41. The van der Waals surface area contributed by atoms with E-state index in [1.165, 1.54) is 27.5 Å². The Kier molecular flexibility index (Phi) is 8.78. The Labute approximate surface area is 256 Å². The fourth-order valence-electron chi connectivity index (χ4n) is 6.83. The molecule has 0 radical (unpaired) electrons. The lowest BCUT2D eigenvalue weighted by atomic mass is 9.98. The highest BCUT2D eigenvalue weighted by atomic mass is 32.2. The van der Waals surface area contributed by atoms with Crippen LogP contribution in [0.15, 0.2) is 41.6 Å². The maximum absolute atomic E-state index is 14.0. The number of halogens is 2. The lowest BCUT2D eigenvalue weighted by Crippen LogP contribution is -2.55. The van der Waals surface area contributed by atoms with Crippen LogP contribution >= 0.6 is 11.8 Å². The fraction of sp³-hybridized carbons (Fsp3) is 0.531. The number of likely N-dealkylation sites (N-methyl/N-ethyl adjacent to an activating group) is 1. The number of pyridine rings is 1. The zero-order valence-corrected chi connectivity index (χ0v) is 25.4. The van der Waals surface area contributed by atoms with Crippen LogP contribution in [0.25, 0.3) is 0 Å². The number of amides is 1. The molecule has 1 aromatic heterocycles. The van der Waals surface area contributed by atoms with Gasteiger partial charge >= 0.3 is 0 Å². The first-order chi connectivity index (χ1) is 20.8. The number of nitriles is 1. The molecule has 4 aliphatic heterocycles. The van der Waals surface area contributed by atoms with Crippen molar-refractivity contribution in [2.24, 2.45) is 0 Å². The topological polar surface area (TPSA) is 75.9 Å². The molecule has 8 nitrogen and oxygen atoms in total. The number of hydrogen-bond acceptors (Lipinski definition) is 8. The molecular formula is C32H38F2N6O2S. The van der Waals surface area contributed by atoms with E-state index in [-0.39, 0.29) is 19.0 Å². The van der Waals surface area contributed by atoms with Crippen LogP contribution in [0.4, 0.5) is 20.3 Å². The van der Waals surface area contributed by atoms with Crippen molar-refractivity contribution in [3.63, 3.8) is 0 Å². The summed E-state index contributed by atoms with van der Waals surface area (Å²) < 4.78 is 34.1. The van der Waals surface area contributed by atoms with Crippen molar-refractivity contribution >= 4 is 29.2 Å². The minimum atomic E-state index is -1.02. The van der Waals surface area contributed by atoms with E-state index in [4.69, 9.17) is 9.72 Å². The number of thioether (sulfide) groups is 1. The van der Waals surface area contributed by atoms with Crippen LogP contribution in [-0.4, -0.2) is 91.1 Å². The van der Waals surface area contributed by atoms with Gasteiger partial charge < -0.3 is 19.4 Å². The van der Waals surface area contributed by atoms with Crippen LogP contribution in [0, 0.1) is 11.3 Å². The van der Waals surface area contributed by atoms with Gasteiger partial charge in [0.1, 0.15) is 18.6 Å². The largest absolute Gasteiger partial charge is 0.476 e. The summed E-state index contributed by atoms with van der Waals surface area (Å²) in [5.41, 5.74) is 4.94. The maximum atomic E-state index is 14.0. The van der Waals surface area contributed by atoms with Gasteiger partial charge in [-0.1, -0.05) is 18.7 Å². The molecule has 0 bridgehead atoms. The molecular weight excluding hydrogens is 570 g/mol. The number of rotatable bonds is 7. The van der Waals surface area contributed by atoms with Crippen LogP contribution in [0.5, 0.6) is 5.88 Å². The van der Waals surface area contributed by atoms with E-state index < -0.39 is 23.9 Å². The summed E-state index contributed by atoms with van der Waals surface area (Å²) in [6.07, 6.45) is 2.75. The minimum Gasteiger partial charge on any atom is -0.476 e. The minimum absolute atomic E-state index is 0.0241. The summed E-state index contributed by atoms with van der Waals surface area (Å²) in [4.78, 5) is 26.8. The number of benzene rings is 1. The Bertz CT molecular complexity index is 1430. The Morgan fingerprint density at radius 2 is 2.05 bits per heavy atom. The van der Waals surface area contributed by atoms with Gasteiger partial charge in [-0.3, -0.25) is 9.69 Å². The monoisotopic (exact) mass is 608 g/mol. The molecule has 11 heteroatoms.